The lowest BCUT2D eigenvalue weighted by atomic mass is 9.90. The number of hydrogen-bond donors (Lipinski definition) is 1. The predicted octanol–water partition coefficient (Wildman–Crippen LogP) is 4.87. The number of phenolic OH excluding ortho intramolecular Hbond substituents is 1. The Balaban J connectivity index is 1.86. The highest BCUT2D eigenvalue weighted by Gasteiger charge is 2.36. The van der Waals surface area contributed by atoms with Gasteiger partial charge in [0.15, 0.2) is 4.80 Å². The van der Waals surface area contributed by atoms with E-state index in [1.165, 1.54) is 15.9 Å². The van der Waals surface area contributed by atoms with Crippen molar-refractivity contribution in [3.63, 3.8) is 0 Å². The van der Waals surface area contributed by atoms with Crippen molar-refractivity contribution >= 4 is 79.3 Å². The molecule has 5 rings (SSSR count). The summed E-state index contributed by atoms with van der Waals surface area (Å²) in [7, 11) is 1.57. The molecular formula is C28H22I2N2O5S. The Morgan fingerprint density at radius 3 is 2.71 bits per heavy atom. The smallest absolute Gasteiger partial charge is 0.338 e. The van der Waals surface area contributed by atoms with Crippen LogP contribution in [0.3, 0.4) is 0 Å². The standard InChI is InChI=1S/C28H22I2N2O5S/c1-4-37-27(35)22-14(2)31-28-32(24(22)23-18-8-6-5-7-15(18)9-10-20(23)36-3)26(34)21(38-28)12-16-11-17(29)13-19(30)25(16)33/h5-13,24,33H,4H2,1-3H3/b21-12-/t24-/m0/s1. The minimum atomic E-state index is -0.821. The van der Waals surface area contributed by atoms with Crippen molar-refractivity contribution in [2.45, 2.75) is 19.9 Å². The van der Waals surface area contributed by atoms with Gasteiger partial charge in [-0.3, -0.25) is 9.36 Å². The maximum absolute atomic E-state index is 14.0. The van der Waals surface area contributed by atoms with E-state index in [0.717, 1.165) is 14.3 Å². The molecule has 0 radical (unpaired) electrons. The van der Waals surface area contributed by atoms with E-state index in [4.69, 9.17) is 9.47 Å². The van der Waals surface area contributed by atoms with Crippen LogP contribution in [0.25, 0.3) is 16.8 Å². The minimum absolute atomic E-state index is 0.104. The van der Waals surface area contributed by atoms with Crippen LogP contribution in [0.2, 0.25) is 0 Å². The lowest BCUT2D eigenvalue weighted by Crippen LogP contribution is -2.40. The first-order chi connectivity index (χ1) is 18.2. The van der Waals surface area contributed by atoms with E-state index in [1.54, 1.807) is 27.0 Å². The quantitative estimate of drug-likeness (QED) is 0.232. The van der Waals surface area contributed by atoms with E-state index in [1.807, 2.05) is 48.5 Å². The Labute approximate surface area is 249 Å². The molecule has 0 saturated carbocycles. The maximum atomic E-state index is 14.0. The Morgan fingerprint density at radius 1 is 1.21 bits per heavy atom. The molecule has 1 aliphatic heterocycles. The van der Waals surface area contributed by atoms with Crippen molar-refractivity contribution < 1.29 is 19.4 Å². The molecule has 10 heteroatoms. The molecule has 0 aliphatic carbocycles. The van der Waals surface area contributed by atoms with E-state index in [0.29, 0.717) is 35.5 Å². The maximum Gasteiger partial charge on any atom is 0.338 e. The van der Waals surface area contributed by atoms with Gasteiger partial charge in [-0.2, -0.15) is 0 Å². The zero-order chi connectivity index (χ0) is 27.1. The lowest BCUT2D eigenvalue weighted by Gasteiger charge is -2.27. The Bertz CT molecular complexity index is 1820. The number of hydrogen-bond acceptors (Lipinski definition) is 7. The second kappa shape index (κ2) is 10.8. The molecule has 38 heavy (non-hydrogen) atoms. The molecule has 0 amide bonds. The van der Waals surface area contributed by atoms with Gasteiger partial charge in [0.25, 0.3) is 5.56 Å². The number of aromatic nitrogens is 1. The number of allylic oxidation sites excluding steroid dienone is 1. The number of fused-ring (bicyclic) bond motifs is 2. The van der Waals surface area contributed by atoms with Crippen molar-refractivity contribution in [1.29, 1.82) is 0 Å². The van der Waals surface area contributed by atoms with Crippen LogP contribution < -0.4 is 19.6 Å². The molecule has 3 aromatic carbocycles. The summed E-state index contributed by atoms with van der Waals surface area (Å²) in [6, 6.07) is 14.4. The molecule has 1 N–H and O–H groups in total. The molecule has 1 aliphatic rings. The Kier molecular flexibility index (Phi) is 7.65. The molecular weight excluding hydrogens is 730 g/mol. The number of carbonyl (C=O) groups excluding carboxylic acids is 1. The van der Waals surface area contributed by atoms with Crippen LogP contribution in [-0.2, 0) is 9.53 Å². The zero-order valence-corrected chi connectivity index (χ0v) is 25.8. The van der Waals surface area contributed by atoms with Gasteiger partial charge in [-0.15, -0.1) is 0 Å². The van der Waals surface area contributed by atoms with Crippen molar-refractivity contribution in [2.75, 3.05) is 13.7 Å². The normalized spacial score (nSPS) is 15.4. The van der Waals surface area contributed by atoms with Crippen molar-refractivity contribution in [3.05, 3.63) is 97.8 Å². The molecule has 7 nitrogen and oxygen atoms in total. The van der Waals surface area contributed by atoms with E-state index < -0.39 is 12.0 Å². The highest BCUT2D eigenvalue weighted by atomic mass is 127. The van der Waals surface area contributed by atoms with Crippen molar-refractivity contribution in [1.82, 2.24) is 4.57 Å². The molecule has 1 atom stereocenters. The van der Waals surface area contributed by atoms with Gasteiger partial charge in [0.05, 0.1) is 33.1 Å². The molecule has 0 saturated heterocycles. The molecule has 194 valence electrons. The molecule has 2 heterocycles. The van der Waals surface area contributed by atoms with Crippen LogP contribution in [-0.4, -0.2) is 29.4 Å². The predicted molar refractivity (Wildman–Crippen MR) is 164 cm³/mol. The van der Waals surface area contributed by atoms with Gasteiger partial charge in [0, 0.05) is 14.7 Å². The van der Waals surface area contributed by atoms with Gasteiger partial charge < -0.3 is 14.6 Å². The monoisotopic (exact) mass is 752 g/mol. The van der Waals surface area contributed by atoms with Gasteiger partial charge in [-0.05, 0) is 94.1 Å². The first kappa shape index (κ1) is 26.9. The van der Waals surface area contributed by atoms with E-state index in [2.05, 4.69) is 50.2 Å². The zero-order valence-electron chi connectivity index (χ0n) is 20.6. The third-order valence-electron chi connectivity index (χ3n) is 6.29. The van der Waals surface area contributed by atoms with Crippen molar-refractivity contribution in [2.24, 2.45) is 4.99 Å². The molecule has 0 fully saturated rings. The second-order valence-electron chi connectivity index (χ2n) is 8.53. The fraction of sp³-hybridized carbons (Fsp3) is 0.179. The Morgan fingerprint density at radius 2 is 1.97 bits per heavy atom. The fourth-order valence-corrected chi connectivity index (χ4v) is 7.56. The molecule has 0 bridgehead atoms. The van der Waals surface area contributed by atoms with Gasteiger partial charge in [-0.1, -0.05) is 41.7 Å². The number of phenols is 1. The van der Waals surface area contributed by atoms with Gasteiger partial charge >= 0.3 is 5.97 Å². The first-order valence-corrected chi connectivity index (χ1v) is 14.7. The summed E-state index contributed by atoms with van der Waals surface area (Å²) < 4.78 is 14.8. The van der Waals surface area contributed by atoms with E-state index in [-0.39, 0.29) is 23.5 Å². The van der Waals surface area contributed by atoms with Crippen LogP contribution >= 0.6 is 56.5 Å². The lowest BCUT2D eigenvalue weighted by molar-refractivity contribution is -0.139. The number of thiazole rings is 1. The number of methoxy groups -OCH3 is 1. The SMILES string of the molecule is CCOC(=O)C1=C(C)N=c2s/c(=C\c3cc(I)cc(I)c3O)c(=O)n2[C@@H]1c1c(OC)ccc2ccccc12. The topological polar surface area (TPSA) is 90.1 Å². The highest BCUT2D eigenvalue weighted by Crippen LogP contribution is 2.40. The van der Waals surface area contributed by atoms with Gasteiger partial charge in [0.1, 0.15) is 17.5 Å². The molecule has 4 aromatic rings. The third-order valence-corrected chi connectivity index (χ3v) is 8.71. The molecule has 0 spiro atoms. The number of halogens is 2. The van der Waals surface area contributed by atoms with Crippen LogP contribution in [0.4, 0.5) is 0 Å². The van der Waals surface area contributed by atoms with Crippen LogP contribution in [0.1, 0.15) is 31.0 Å². The average Bonchev–Trinajstić information content (AvgIpc) is 3.19. The summed E-state index contributed by atoms with van der Waals surface area (Å²) >= 11 is 5.45. The van der Waals surface area contributed by atoms with Crippen LogP contribution in [0, 0.1) is 7.14 Å². The number of rotatable bonds is 5. The van der Waals surface area contributed by atoms with Gasteiger partial charge in [-0.25, -0.2) is 9.79 Å². The summed E-state index contributed by atoms with van der Waals surface area (Å²) in [5.41, 5.74) is 1.65. The number of ether oxygens (including phenoxy) is 2. The second-order valence-corrected chi connectivity index (χ2v) is 11.9. The van der Waals surface area contributed by atoms with Gasteiger partial charge in [0.2, 0.25) is 0 Å². The summed E-state index contributed by atoms with van der Waals surface area (Å²) in [4.78, 5) is 32.5. The minimum Gasteiger partial charge on any atom is -0.506 e. The average molecular weight is 752 g/mol. The number of benzene rings is 3. The fourth-order valence-electron chi connectivity index (χ4n) is 4.64. The van der Waals surface area contributed by atoms with Crippen molar-refractivity contribution in [3.8, 4) is 11.5 Å². The molecule has 0 unspecified atom stereocenters. The number of esters is 1. The summed E-state index contributed by atoms with van der Waals surface area (Å²) in [5.74, 6) is 0.116. The summed E-state index contributed by atoms with van der Waals surface area (Å²) in [5, 5.41) is 12.5. The third kappa shape index (κ3) is 4.66. The number of aromatic hydroxyl groups is 1. The summed E-state index contributed by atoms with van der Waals surface area (Å²) in [6.45, 7) is 3.68. The number of carbonyl (C=O) groups is 1. The first-order valence-electron chi connectivity index (χ1n) is 11.7. The highest BCUT2D eigenvalue weighted by molar-refractivity contribution is 14.1. The van der Waals surface area contributed by atoms with Crippen LogP contribution in [0.15, 0.2) is 69.6 Å². The Hall–Kier alpha value is -2.71. The largest absolute Gasteiger partial charge is 0.506 e. The van der Waals surface area contributed by atoms with E-state index >= 15 is 0 Å². The van der Waals surface area contributed by atoms with E-state index in [9.17, 15) is 14.7 Å². The van der Waals surface area contributed by atoms with Crippen LogP contribution in [0.5, 0.6) is 11.5 Å². The number of nitrogens with zero attached hydrogens (tertiary/aromatic N) is 2. The molecule has 1 aromatic heterocycles. The summed E-state index contributed by atoms with van der Waals surface area (Å²) in [6.07, 6.45) is 1.67.